The van der Waals surface area contributed by atoms with Crippen molar-refractivity contribution in [1.29, 1.82) is 0 Å². The maximum atomic E-state index is 6.10. The van der Waals surface area contributed by atoms with Gasteiger partial charge in [-0.1, -0.05) is 11.6 Å². The van der Waals surface area contributed by atoms with E-state index in [9.17, 15) is 0 Å². The Balaban J connectivity index is 1.59. The minimum Gasteiger partial charge on any atom is -0.456 e. The van der Waals surface area contributed by atoms with E-state index in [1.54, 1.807) is 0 Å². The third-order valence-corrected chi connectivity index (χ3v) is 5.21. The normalized spacial score (nSPS) is 29.0. The lowest BCUT2D eigenvalue weighted by atomic mass is 10.1. The number of aromatic nitrogens is 2. The van der Waals surface area contributed by atoms with Gasteiger partial charge in [-0.2, -0.15) is 4.98 Å². The fraction of sp³-hybridized carbons (Fsp3) is 0.462. The molecular weight excluding hydrogens is 395 g/mol. The number of ether oxygens (including phenoxy) is 3. The van der Waals surface area contributed by atoms with Crippen LogP contribution >= 0.6 is 34.2 Å². The Bertz CT molecular complexity index is 623. The van der Waals surface area contributed by atoms with E-state index < -0.39 is 0 Å². The highest BCUT2D eigenvalue weighted by Crippen LogP contribution is 2.30. The summed E-state index contributed by atoms with van der Waals surface area (Å²) >= 11 is 8.29. The number of H-pyrrole nitrogens is 1. The van der Waals surface area contributed by atoms with Gasteiger partial charge >= 0.3 is 0 Å². The molecule has 0 aliphatic carbocycles. The van der Waals surface area contributed by atoms with Crippen LogP contribution < -0.4 is 4.74 Å². The van der Waals surface area contributed by atoms with E-state index in [4.69, 9.17) is 25.8 Å². The fourth-order valence-corrected chi connectivity index (χ4v) is 3.33. The Morgan fingerprint density at radius 1 is 1.40 bits per heavy atom. The molecule has 20 heavy (non-hydrogen) atoms. The SMILES string of the molecule is Clc1cc2[nH]c(O[C@H]3COC4CCOC43)nc2cc1I. The van der Waals surface area contributed by atoms with Crippen molar-refractivity contribution in [2.45, 2.75) is 24.7 Å². The summed E-state index contributed by atoms with van der Waals surface area (Å²) < 4.78 is 18.2. The minimum atomic E-state index is -0.0994. The van der Waals surface area contributed by atoms with Gasteiger partial charge in [-0.15, -0.1) is 0 Å². The van der Waals surface area contributed by atoms with Gasteiger partial charge in [-0.05, 0) is 41.1 Å². The van der Waals surface area contributed by atoms with Gasteiger partial charge in [0, 0.05) is 10.2 Å². The molecule has 3 atom stereocenters. The zero-order chi connectivity index (χ0) is 13.7. The number of hydrogen-bond donors (Lipinski definition) is 1. The monoisotopic (exact) mass is 406 g/mol. The molecule has 1 aromatic carbocycles. The smallest absolute Gasteiger partial charge is 0.295 e. The van der Waals surface area contributed by atoms with E-state index in [-0.39, 0.29) is 18.3 Å². The van der Waals surface area contributed by atoms with Crippen molar-refractivity contribution in [1.82, 2.24) is 9.97 Å². The van der Waals surface area contributed by atoms with Crippen LogP contribution in [0.5, 0.6) is 6.01 Å². The highest BCUT2D eigenvalue weighted by atomic mass is 127. The van der Waals surface area contributed by atoms with Crippen molar-refractivity contribution >= 4 is 45.2 Å². The molecule has 0 amide bonds. The van der Waals surface area contributed by atoms with E-state index in [1.165, 1.54) is 0 Å². The second-order valence-corrected chi connectivity index (χ2v) is 6.55. The van der Waals surface area contributed by atoms with Crippen molar-refractivity contribution in [2.24, 2.45) is 0 Å². The van der Waals surface area contributed by atoms with Crippen LogP contribution in [-0.2, 0) is 9.47 Å². The Labute approximate surface area is 134 Å². The van der Waals surface area contributed by atoms with Gasteiger partial charge in [0.25, 0.3) is 6.01 Å². The van der Waals surface area contributed by atoms with Crippen LogP contribution in [0.3, 0.4) is 0 Å². The Kier molecular flexibility index (Phi) is 3.29. The van der Waals surface area contributed by atoms with Crippen molar-refractivity contribution in [3.05, 3.63) is 20.7 Å². The van der Waals surface area contributed by atoms with Crippen LogP contribution in [0.25, 0.3) is 11.0 Å². The number of rotatable bonds is 2. The minimum absolute atomic E-state index is 0.0203. The third-order valence-electron chi connectivity index (χ3n) is 3.69. The molecule has 1 aromatic heterocycles. The summed E-state index contributed by atoms with van der Waals surface area (Å²) in [5, 5.41) is 0.705. The van der Waals surface area contributed by atoms with Crippen molar-refractivity contribution < 1.29 is 14.2 Å². The third kappa shape index (κ3) is 2.18. The maximum absolute atomic E-state index is 6.10. The molecule has 5 nitrogen and oxygen atoms in total. The molecule has 3 heterocycles. The molecule has 0 saturated carbocycles. The predicted octanol–water partition coefficient (Wildman–Crippen LogP) is 2.76. The molecule has 7 heteroatoms. The van der Waals surface area contributed by atoms with Crippen molar-refractivity contribution in [3.8, 4) is 6.01 Å². The maximum Gasteiger partial charge on any atom is 0.295 e. The molecular formula is C13H12ClIN2O3. The molecule has 1 N–H and O–H groups in total. The van der Waals surface area contributed by atoms with Crippen LogP contribution in [0.4, 0.5) is 0 Å². The molecule has 0 spiro atoms. The lowest BCUT2D eigenvalue weighted by Crippen LogP contribution is -2.32. The molecule has 2 saturated heterocycles. The summed E-state index contributed by atoms with van der Waals surface area (Å²) in [6.45, 7) is 1.29. The average Bonchev–Trinajstić information content (AvgIpc) is 3.07. The highest BCUT2D eigenvalue weighted by Gasteiger charge is 2.43. The second-order valence-electron chi connectivity index (χ2n) is 4.98. The van der Waals surface area contributed by atoms with Gasteiger partial charge in [-0.3, -0.25) is 0 Å². The second kappa shape index (κ2) is 5.01. The number of nitrogens with zero attached hydrogens (tertiary/aromatic N) is 1. The number of imidazole rings is 1. The van der Waals surface area contributed by atoms with Gasteiger partial charge in [-0.25, -0.2) is 0 Å². The number of aromatic amines is 1. The predicted molar refractivity (Wildman–Crippen MR) is 82.3 cm³/mol. The van der Waals surface area contributed by atoms with Crippen LogP contribution in [0, 0.1) is 3.57 Å². The van der Waals surface area contributed by atoms with E-state index in [0.717, 1.165) is 27.6 Å². The topological polar surface area (TPSA) is 56.4 Å². The zero-order valence-electron chi connectivity index (χ0n) is 10.4. The van der Waals surface area contributed by atoms with Crippen LogP contribution in [0.1, 0.15) is 6.42 Å². The molecule has 106 valence electrons. The summed E-state index contributed by atoms with van der Waals surface area (Å²) in [6, 6.07) is 4.28. The van der Waals surface area contributed by atoms with Gasteiger partial charge in [0.05, 0.1) is 28.8 Å². The van der Waals surface area contributed by atoms with E-state index >= 15 is 0 Å². The standard InChI is InChI=1S/C13H12ClIN2O3/c14-6-3-8-9(4-7(6)15)17-13(16-8)20-11-5-19-10-1-2-18-12(10)11/h3-4,10-12H,1-2,5H2,(H,16,17)/t10?,11-,12?/m0/s1. The van der Waals surface area contributed by atoms with Crippen LogP contribution in [0.15, 0.2) is 12.1 Å². The van der Waals surface area contributed by atoms with Crippen LogP contribution in [0.2, 0.25) is 5.02 Å². The van der Waals surface area contributed by atoms with Gasteiger partial charge in [0.15, 0.2) is 6.10 Å². The zero-order valence-corrected chi connectivity index (χ0v) is 13.3. The molecule has 2 unspecified atom stereocenters. The number of hydrogen-bond acceptors (Lipinski definition) is 4. The molecule has 2 aliphatic rings. The Hall–Kier alpha value is -0.570. The lowest BCUT2D eigenvalue weighted by Gasteiger charge is -2.15. The highest BCUT2D eigenvalue weighted by molar-refractivity contribution is 14.1. The molecule has 0 bridgehead atoms. The van der Waals surface area contributed by atoms with Gasteiger partial charge in [0.1, 0.15) is 6.10 Å². The van der Waals surface area contributed by atoms with Crippen molar-refractivity contribution in [2.75, 3.05) is 13.2 Å². The van der Waals surface area contributed by atoms with Gasteiger partial charge in [0.2, 0.25) is 0 Å². The number of fused-ring (bicyclic) bond motifs is 2. The number of halogens is 2. The van der Waals surface area contributed by atoms with Crippen LogP contribution in [-0.4, -0.2) is 41.5 Å². The van der Waals surface area contributed by atoms with E-state index in [0.29, 0.717) is 17.6 Å². The average molecular weight is 407 g/mol. The first kappa shape index (κ1) is 13.1. The summed E-state index contributed by atoms with van der Waals surface area (Å²) in [6.07, 6.45) is 1.03. The molecule has 4 rings (SSSR count). The first-order valence-electron chi connectivity index (χ1n) is 6.45. The molecule has 0 radical (unpaired) electrons. The molecule has 2 aromatic rings. The van der Waals surface area contributed by atoms with Gasteiger partial charge < -0.3 is 19.2 Å². The Morgan fingerprint density at radius 2 is 2.30 bits per heavy atom. The quantitative estimate of drug-likeness (QED) is 0.779. The summed E-state index contributed by atoms with van der Waals surface area (Å²) in [5.41, 5.74) is 1.71. The largest absolute Gasteiger partial charge is 0.456 e. The number of nitrogens with one attached hydrogen (secondary N) is 1. The first-order valence-corrected chi connectivity index (χ1v) is 7.91. The van der Waals surface area contributed by atoms with Crippen molar-refractivity contribution in [3.63, 3.8) is 0 Å². The summed E-state index contributed by atoms with van der Waals surface area (Å²) in [5.74, 6) is 0. The number of benzene rings is 1. The van der Waals surface area contributed by atoms with E-state index in [2.05, 4.69) is 32.6 Å². The summed E-state index contributed by atoms with van der Waals surface area (Å²) in [7, 11) is 0. The lowest BCUT2D eigenvalue weighted by molar-refractivity contribution is 0.0273. The fourth-order valence-electron chi connectivity index (χ4n) is 2.71. The first-order chi connectivity index (χ1) is 9.70. The molecule has 2 fully saturated rings. The van der Waals surface area contributed by atoms with E-state index in [1.807, 2.05) is 12.1 Å². The Morgan fingerprint density at radius 3 is 3.20 bits per heavy atom. The molecule has 2 aliphatic heterocycles. The summed E-state index contributed by atoms with van der Waals surface area (Å²) in [4.78, 5) is 7.58.